The minimum Gasteiger partial charge on any atom is -0.496 e. The predicted molar refractivity (Wildman–Crippen MR) is 140 cm³/mol. The Morgan fingerprint density at radius 2 is 1.24 bits per heavy atom. The molecule has 4 aromatic rings. The molecule has 1 aliphatic rings. The van der Waals surface area contributed by atoms with Crippen LogP contribution in [0.3, 0.4) is 0 Å². The molecular weight excluding hydrogens is 468 g/mol. The zero-order chi connectivity index (χ0) is 25.9. The number of hydrogen-bond donors (Lipinski definition) is 1. The van der Waals surface area contributed by atoms with E-state index in [1.165, 1.54) is 0 Å². The van der Waals surface area contributed by atoms with E-state index >= 15 is 0 Å². The predicted octanol–water partition coefficient (Wildman–Crippen LogP) is 5.80. The molecule has 0 amide bonds. The Hall–Kier alpha value is -4.32. The number of ether oxygens (including phenoxy) is 3. The van der Waals surface area contributed by atoms with Crippen LogP contribution in [-0.2, 0) is 20.9 Å². The summed E-state index contributed by atoms with van der Waals surface area (Å²) < 4.78 is 17.0. The van der Waals surface area contributed by atoms with Gasteiger partial charge in [-0.2, -0.15) is 0 Å². The minimum absolute atomic E-state index is 0.0890. The van der Waals surface area contributed by atoms with Crippen LogP contribution < -0.4 is 9.47 Å². The maximum atomic E-state index is 13.8. The number of methoxy groups -OCH3 is 2. The lowest BCUT2D eigenvalue weighted by Crippen LogP contribution is -2.51. The zero-order valence-corrected chi connectivity index (χ0v) is 20.7. The molecule has 0 spiro atoms. The van der Waals surface area contributed by atoms with Gasteiger partial charge in [0.25, 0.3) is 0 Å². The third kappa shape index (κ3) is 4.40. The fourth-order valence-electron chi connectivity index (χ4n) is 5.67. The number of para-hydroxylation sites is 2. The van der Waals surface area contributed by atoms with Crippen molar-refractivity contribution in [1.29, 1.82) is 0 Å². The summed E-state index contributed by atoms with van der Waals surface area (Å²) in [4.78, 5) is 26.4. The van der Waals surface area contributed by atoms with Crippen molar-refractivity contribution in [2.45, 2.75) is 18.4 Å². The van der Waals surface area contributed by atoms with E-state index in [0.717, 1.165) is 16.3 Å². The van der Waals surface area contributed by atoms with Gasteiger partial charge in [0, 0.05) is 11.8 Å². The van der Waals surface area contributed by atoms with Crippen LogP contribution in [0.25, 0.3) is 10.8 Å². The molecule has 0 aliphatic heterocycles. The summed E-state index contributed by atoms with van der Waals surface area (Å²) in [5.74, 6) is -3.17. The van der Waals surface area contributed by atoms with Gasteiger partial charge in [-0.1, -0.05) is 78.9 Å². The van der Waals surface area contributed by atoms with Crippen molar-refractivity contribution >= 4 is 22.7 Å². The summed E-state index contributed by atoms with van der Waals surface area (Å²) in [7, 11) is 3.08. The molecular formula is C31H28O6. The van der Waals surface area contributed by atoms with Gasteiger partial charge in [0.15, 0.2) is 0 Å². The molecule has 0 bridgehead atoms. The molecule has 0 radical (unpaired) electrons. The largest absolute Gasteiger partial charge is 0.496 e. The zero-order valence-electron chi connectivity index (χ0n) is 20.7. The van der Waals surface area contributed by atoms with Crippen molar-refractivity contribution in [2.75, 3.05) is 14.2 Å². The van der Waals surface area contributed by atoms with E-state index in [-0.39, 0.29) is 6.61 Å². The Bertz CT molecular complexity index is 1380. The molecule has 0 heterocycles. The molecule has 0 saturated heterocycles. The SMILES string of the molecule is COc1ccccc1C1C(C(=O)OCc2cccc3ccccc23)[C@@H](c2ccccc2OC)[C@H]1C(=O)O. The van der Waals surface area contributed by atoms with Crippen molar-refractivity contribution in [2.24, 2.45) is 11.8 Å². The third-order valence-corrected chi connectivity index (χ3v) is 7.35. The molecule has 1 fully saturated rings. The first-order valence-corrected chi connectivity index (χ1v) is 12.2. The summed E-state index contributed by atoms with van der Waals surface area (Å²) in [5, 5.41) is 12.4. The van der Waals surface area contributed by atoms with Gasteiger partial charge in [0.05, 0.1) is 26.1 Å². The first-order chi connectivity index (χ1) is 18.0. The highest BCUT2D eigenvalue weighted by Crippen LogP contribution is 2.60. The first kappa shape index (κ1) is 24.4. The quantitative estimate of drug-likeness (QED) is 0.311. The van der Waals surface area contributed by atoms with Crippen LogP contribution in [0.4, 0.5) is 0 Å². The van der Waals surface area contributed by atoms with E-state index in [1.54, 1.807) is 26.4 Å². The van der Waals surface area contributed by atoms with Gasteiger partial charge >= 0.3 is 11.9 Å². The molecule has 6 nitrogen and oxygen atoms in total. The van der Waals surface area contributed by atoms with Crippen LogP contribution in [0, 0.1) is 11.8 Å². The van der Waals surface area contributed by atoms with Crippen molar-refractivity contribution in [1.82, 2.24) is 0 Å². The minimum atomic E-state index is -0.982. The van der Waals surface area contributed by atoms with Crippen LogP contribution >= 0.6 is 0 Å². The fraction of sp³-hybridized carbons (Fsp3) is 0.226. The van der Waals surface area contributed by atoms with Crippen molar-refractivity contribution in [3.05, 3.63) is 108 Å². The van der Waals surface area contributed by atoms with Gasteiger partial charge < -0.3 is 19.3 Å². The summed E-state index contributed by atoms with van der Waals surface area (Å²) in [5.41, 5.74) is 2.24. The molecule has 1 N–H and O–H groups in total. The number of esters is 1. The topological polar surface area (TPSA) is 82.1 Å². The molecule has 5 rings (SSSR count). The number of benzene rings is 4. The second-order valence-corrected chi connectivity index (χ2v) is 9.17. The van der Waals surface area contributed by atoms with E-state index in [1.807, 2.05) is 78.9 Å². The van der Waals surface area contributed by atoms with E-state index in [0.29, 0.717) is 22.6 Å². The molecule has 4 atom stereocenters. The van der Waals surface area contributed by atoms with E-state index in [2.05, 4.69) is 0 Å². The number of carbonyl (C=O) groups is 2. The van der Waals surface area contributed by atoms with Gasteiger partial charge in [-0.15, -0.1) is 0 Å². The highest BCUT2D eigenvalue weighted by Gasteiger charge is 2.60. The van der Waals surface area contributed by atoms with Gasteiger partial charge in [-0.25, -0.2) is 0 Å². The van der Waals surface area contributed by atoms with Gasteiger partial charge in [-0.3, -0.25) is 9.59 Å². The Kier molecular flexibility index (Phi) is 6.82. The standard InChI is InChI=1S/C31H28O6/c1-35-24-16-7-5-14-22(24)26-28(30(32)33)27(23-15-6-8-17-25(23)36-2)29(26)31(34)37-18-20-12-9-11-19-10-3-4-13-21(19)20/h3-17,26-29H,18H2,1-2H3,(H,32,33)/t26-,27?,28+,29?/m0/s1. The highest BCUT2D eigenvalue weighted by molar-refractivity contribution is 5.87. The van der Waals surface area contributed by atoms with Crippen molar-refractivity contribution in [3.63, 3.8) is 0 Å². The molecule has 2 unspecified atom stereocenters. The van der Waals surface area contributed by atoms with E-state index < -0.39 is 35.6 Å². The molecule has 37 heavy (non-hydrogen) atoms. The molecule has 1 aliphatic carbocycles. The van der Waals surface area contributed by atoms with Crippen molar-refractivity contribution in [3.8, 4) is 11.5 Å². The van der Waals surface area contributed by atoms with Crippen LogP contribution in [0.2, 0.25) is 0 Å². The fourth-order valence-corrected chi connectivity index (χ4v) is 5.67. The summed E-state index contributed by atoms with van der Waals surface area (Å²) in [6, 6.07) is 28.3. The van der Waals surface area contributed by atoms with Crippen LogP contribution in [0.1, 0.15) is 28.5 Å². The van der Waals surface area contributed by atoms with Gasteiger partial charge in [0.1, 0.15) is 18.1 Å². The molecule has 4 aromatic carbocycles. The van der Waals surface area contributed by atoms with Crippen LogP contribution in [0.15, 0.2) is 91.0 Å². The lowest BCUT2D eigenvalue weighted by molar-refractivity contribution is -0.165. The maximum Gasteiger partial charge on any atom is 0.310 e. The normalized spacial score (nSPS) is 20.6. The molecule has 0 aromatic heterocycles. The Balaban J connectivity index is 1.54. The van der Waals surface area contributed by atoms with E-state index in [9.17, 15) is 14.7 Å². The van der Waals surface area contributed by atoms with Crippen LogP contribution in [-0.4, -0.2) is 31.3 Å². The monoisotopic (exact) mass is 496 g/mol. The van der Waals surface area contributed by atoms with Gasteiger partial charge in [-0.05, 0) is 39.6 Å². The summed E-state index contributed by atoms with van der Waals surface area (Å²) >= 11 is 0. The number of fused-ring (bicyclic) bond motifs is 1. The first-order valence-electron chi connectivity index (χ1n) is 12.2. The number of carboxylic acid groups (broad SMARTS) is 1. The van der Waals surface area contributed by atoms with E-state index in [4.69, 9.17) is 14.2 Å². The highest BCUT2D eigenvalue weighted by atomic mass is 16.5. The average molecular weight is 497 g/mol. The average Bonchev–Trinajstić information content (AvgIpc) is 2.91. The third-order valence-electron chi connectivity index (χ3n) is 7.35. The second kappa shape index (κ2) is 10.3. The lowest BCUT2D eigenvalue weighted by atomic mass is 9.52. The molecule has 6 heteroatoms. The number of carbonyl (C=O) groups excluding carboxylic acids is 1. The lowest BCUT2D eigenvalue weighted by Gasteiger charge is -2.49. The summed E-state index contributed by atoms with van der Waals surface area (Å²) in [6.07, 6.45) is 0. The van der Waals surface area contributed by atoms with Gasteiger partial charge in [0.2, 0.25) is 0 Å². The smallest absolute Gasteiger partial charge is 0.310 e. The second-order valence-electron chi connectivity index (χ2n) is 9.17. The Labute approximate surface area is 215 Å². The molecule has 1 saturated carbocycles. The van der Waals surface area contributed by atoms with Crippen molar-refractivity contribution < 1.29 is 28.9 Å². The number of aliphatic carboxylic acids is 1. The number of rotatable bonds is 8. The molecule has 188 valence electrons. The Morgan fingerprint density at radius 3 is 1.84 bits per heavy atom. The summed E-state index contributed by atoms with van der Waals surface area (Å²) in [6.45, 7) is 0.0890. The maximum absolute atomic E-state index is 13.8. The Morgan fingerprint density at radius 1 is 0.703 bits per heavy atom. The number of hydrogen-bond acceptors (Lipinski definition) is 5. The number of carboxylic acids is 1. The van der Waals surface area contributed by atoms with Crippen LogP contribution in [0.5, 0.6) is 11.5 Å².